The Labute approximate surface area is 130 Å². The van der Waals surface area contributed by atoms with Crippen molar-refractivity contribution in [1.29, 1.82) is 0 Å². The second kappa shape index (κ2) is 7.59. The third-order valence-corrected chi connectivity index (χ3v) is 3.40. The average Bonchev–Trinajstić information content (AvgIpc) is 2.97. The SMILES string of the molecule is CCCCN(CCC)C(=O)c1ccc(-n2nccc2O)nc1. The normalized spacial score (nSPS) is 10.6. The van der Waals surface area contributed by atoms with Crippen molar-refractivity contribution in [3.8, 4) is 11.7 Å². The summed E-state index contributed by atoms with van der Waals surface area (Å²) in [7, 11) is 0. The van der Waals surface area contributed by atoms with Crippen LogP contribution in [0.4, 0.5) is 0 Å². The second-order valence-electron chi connectivity index (χ2n) is 5.15. The molecule has 22 heavy (non-hydrogen) atoms. The standard InChI is InChI=1S/C16H22N4O2/c1-3-5-11-19(10-4-2)16(22)13-6-7-14(17-12-13)20-15(21)8-9-18-20/h6-9,12,21H,3-5,10-11H2,1-2H3. The van der Waals surface area contributed by atoms with Crippen molar-refractivity contribution in [3.63, 3.8) is 0 Å². The molecule has 0 bridgehead atoms. The zero-order valence-corrected chi connectivity index (χ0v) is 13.1. The fourth-order valence-electron chi connectivity index (χ4n) is 2.23. The quantitative estimate of drug-likeness (QED) is 0.853. The molecule has 0 saturated carbocycles. The van der Waals surface area contributed by atoms with Gasteiger partial charge in [-0.25, -0.2) is 4.98 Å². The van der Waals surface area contributed by atoms with Crippen molar-refractivity contribution in [2.24, 2.45) is 0 Å². The summed E-state index contributed by atoms with van der Waals surface area (Å²) in [5, 5.41) is 13.6. The molecular weight excluding hydrogens is 280 g/mol. The van der Waals surface area contributed by atoms with Crippen LogP contribution in [0, 0.1) is 0 Å². The molecule has 0 unspecified atom stereocenters. The number of rotatable bonds is 7. The van der Waals surface area contributed by atoms with Crippen LogP contribution in [-0.4, -0.2) is 43.8 Å². The van der Waals surface area contributed by atoms with Gasteiger partial charge < -0.3 is 10.0 Å². The Morgan fingerprint density at radius 3 is 2.59 bits per heavy atom. The summed E-state index contributed by atoms with van der Waals surface area (Å²) in [4.78, 5) is 18.6. The summed E-state index contributed by atoms with van der Waals surface area (Å²) < 4.78 is 1.31. The molecule has 2 heterocycles. The molecular formula is C16H22N4O2. The monoisotopic (exact) mass is 302 g/mol. The van der Waals surface area contributed by atoms with E-state index in [0.717, 1.165) is 32.4 Å². The van der Waals surface area contributed by atoms with Gasteiger partial charge in [0, 0.05) is 25.4 Å². The van der Waals surface area contributed by atoms with Gasteiger partial charge in [-0.2, -0.15) is 9.78 Å². The Kier molecular flexibility index (Phi) is 5.52. The van der Waals surface area contributed by atoms with Crippen LogP contribution in [0.25, 0.3) is 5.82 Å². The first-order valence-electron chi connectivity index (χ1n) is 7.66. The molecule has 0 spiro atoms. The largest absolute Gasteiger partial charge is 0.493 e. The van der Waals surface area contributed by atoms with Gasteiger partial charge in [-0.15, -0.1) is 0 Å². The number of unbranched alkanes of at least 4 members (excludes halogenated alkanes) is 1. The minimum Gasteiger partial charge on any atom is -0.493 e. The van der Waals surface area contributed by atoms with E-state index in [1.54, 1.807) is 12.1 Å². The maximum Gasteiger partial charge on any atom is 0.255 e. The predicted octanol–water partition coefficient (Wildman–Crippen LogP) is 2.63. The molecule has 0 fully saturated rings. The van der Waals surface area contributed by atoms with Gasteiger partial charge in [-0.1, -0.05) is 20.3 Å². The first-order chi connectivity index (χ1) is 10.7. The summed E-state index contributed by atoms with van der Waals surface area (Å²) in [6, 6.07) is 4.89. The van der Waals surface area contributed by atoms with E-state index in [1.165, 1.54) is 23.1 Å². The third kappa shape index (κ3) is 3.63. The van der Waals surface area contributed by atoms with E-state index in [9.17, 15) is 9.90 Å². The fraction of sp³-hybridized carbons (Fsp3) is 0.438. The Morgan fingerprint density at radius 1 is 1.23 bits per heavy atom. The Hall–Kier alpha value is -2.37. The minimum absolute atomic E-state index is 0.000891. The smallest absolute Gasteiger partial charge is 0.255 e. The van der Waals surface area contributed by atoms with Crippen molar-refractivity contribution in [2.45, 2.75) is 33.1 Å². The summed E-state index contributed by atoms with van der Waals surface area (Å²) in [5.41, 5.74) is 0.556. The van der Waals surface area contributed by atoms with E-state index in [-0.39, 0.29) is 11.8 Å². The first-order valence-corrected chi connectivity index (χ1v) is 7.66. The van der Waals surface area contributed by atoms with Gasteiger partial charge in [0.25, 0.3) is 5.91 Å². The van der Waals surface area contributed by atoms with Crippen LogP contribution in [0.2, 0.25) is 0 Å². The van der Waals surface area contributed by atoms with Crippen LogP contribution in [0.3, 0.4) is 0 Å². The molecule has 1 N–H and O–H groups in total. The number of carbonyl (C=O) groups excluding carboxylic acids is 1. The molecule has 0 saturated heterocycles. The van der Waals surface area contributed by atoms with Crippen LogP contribution in [-0.2, 0) is 0 Å². The molecule has 0 aliphatic rings. The lowest BCUT2D eigenvalue weighted by atomic mass is 10.2. The van der Waals surface area contributed by atoms with Gasteiger partial charge in [0.2, 0.25) is 5.88 Å². The Bertz CT molecular complexity index is 607. The number of pyridine rings is 1. The number of hydrogen-bond donors (Lipinski definition) is 1. The van der Waals surface area contributed by atoms with Crippen LogP contribution in [0.1, 0.15) is 43.5 Å². The lowest BCUT2D eigenvalue weighted by Crippen LogP contribution is -2.32. The molecule has 0 aromatic carbocycles. The van der Waals surface area contributed by atoms with Crippen molar-refractivity contribution < 1.29 is 9.90 Å². The molecule has 2 aromatic heterocycles. The van der Waals surface area contributed by atoms with Gasteiger partial charge in [0.05, 0.1) is 11.8 Å². The topological polar surface area (TPSA) is 71.2 Å². The van der Waals surface area contributed by atoms with E-state index in [4.69, 9.17) is 0 Å². The summed E-state index contributed by atoms with van der Waals surface area (Å²) in [5.74, 6) is 0.496. The highest BCUT2D eigenvalue weighted by Crippen LogP contribution is 2.14. The van der Waals surface area contributed by atoms with E-state index >= 15 is 0 Å². The number of amides is 1. The number of hydrogen-bond acceptors (Lipinski definition) is 4. The molecule has 0 aliphatic heterocycles. The highest BCUT2D eigenvalue weighted by molar-refractivity contribution is 5.94. The van der Waals surface area contributed by atoms with E-state index in [2.05, 4.69) is 23.9 Å². The molecule has 118 valence electrons. The van der Waals surface area contributed by atoms with Crippen LogP contribution in [0.15, 0.2) is 30.6 Å². The summed E-state index contributed by atoms with van der Waals surface area (Å²) in [6.07, 6.45) is 6.01. The number of carbonyl (C=O) groups is 1. The number of nitrogens with zero attached hydrogens (tertiary/aromatic N) is 4. The lowest BCUT2D eigenvalue weighted by molar-refractivity contribution is 0.0753. The van der Waals surface area contributed by atoms with E-state index < -0.39 is 0 Å². The predicted molar refractivity (Wildman–Crippen MR) is 84.1 cm³/mol. The Morgan fingerprint density at radius 2 is 2.05 bits per heavy atom. The molecule has 0 atom stereocenters. The van der Waals surface area contributed by atoms with Crippen molar-refractivity contribution in [2.75, 3.05) is 13.1 Å². The van der Waals surface area contributed by atoms with Gasteiger partial charge in [-0.3, -0.25) is 4.79 Å². The molecule has 2 aromatic rings. The molecule has 0 radical (unpaired) electrons. The zero-order valence-electron chi connectivity index (χ0n) is 13.1. The van der Waals surface area contributed by atoms with Crippen molar-refractivity contribution in [1.82, 2.24) is 19.7 Å². The third-order valence-electron chi connectivity index (χ3n) is 3.40. The summed E-state index contributed by atoms with van der Waals surface area (Å²) >= 11 is 0. The second-order valence-corrected chi connectivity index (χ2v) is 5.15. The maximum absolute atomic E-state index is 12.5. The maximum atomic E-state index is 12.5. The van der Waals surface area contributed by atoms with E-state index in [0.29, 0.717) is 11.4 Å². The highest BCUT2D eigenvalue weighted by atomic mass is 16.3. The molecule has 1 amide bonds. The number of aromatic nitrogens is 3. The average molecular weight is 302 g/mol. The molecule has 6 nitrogen and oxygen atoms in total. The van der Waals surface area contributed by atoms with Crippen molar-refractivity contribution >= 4 is 5.91 Å². The molecule has 2 rings (SSSR count). The molecule has 0 aliphatic carbocycles. The van der Waals surface area contributed by atoms with Crippen molar-refractivity contribution in [3.05, 3.63) is 36.2 Å². The minimum atomic E-state index is -0.000891. The van der Waals surface area contributed by atoms with E-state index in [1.807, 2.05) is 4.90 Å². The van der Waals surface area contributed by atoms with Crippen LogP contribution >= 0.6 is 0 Å². The highest BCUT2D eigenvalue weighted by Gasteiger charge is 2.15. The van der Waals surface area contributed by atoms with Crippen LogP contribution in [0.5, 0.6) is 5.88 Å². The lowest BCUT2D eigenvalue weighted by Gasteiger charge is -2.21. The summed E-state index contributed by atoms with van der Waals surface area (Å²) in [6.45, 7) is 5.70. The van der Waals surface area contributed by atoms with Gasteiger partial charge in [0.15, 0.2) is 5.82 Å². The molecule has 6 heteroatoms. The van der Waals surface area contributed by atoms with Crippen LogP contribution < -0.4 is 0 Å². The number of aromatic hydroxyl groups is 1. The Balaban J connectivity index is 2.14. The van der Waals surface area contributed by atoms with Gasteiger partial charge in [0.1, 0.15) is 0 Å². The fourth-order valence-corrected chi connectivity index (χ4v) is 2.23. The van der Waals surface area contributed by atoms with Gasteiger partial charge in [-0.05, 0) is 25.0 Å². The zero-order chi connectivity index (χ0) is 15.9. The van der Waals surface area contributed by atoms with Gasteiger partial charge >= 0.3 is 0 Å². The first kappa shape index (κ1) is 16.0.